The topological polar surface area (TPSA) is 12.0 Å². The number of hydrogen-bond acceptors (Lipinski definition) is 1. The third kappa shape index (κ3) is 3.01. The second kappa shape index (κ2) is 5.38. The van der Waals surface area contributed by atoms with Gasteiger partial charge in [-0.05, 0) is 49.3 Å². The van der Waals surface area contributed by atoms with Gasteiger partial charge in [-0.15, -0.1) is 0 Å². The maximum Gasteiger partial charge on any atom is 0.0342 e. The standard InChI is InChI=1S/C15H23N/c1-3-5-12-6-10-14(11-7-12)16-15(4-2)13-8-9-13/h6-7,10-11,13,15-16H,3-5,8-9H2,1-2H3. The highest BCUT2D eigenvalue weighted by Gasteiger charge is 2.29. The molecule has 16 heavy (non-hydrogen) atoms. The van der Waals surface area contributed by atoms with Crippen molar-refractivity contribution in [2.45, 2.75) is 52.0 Å². The number of anilines is 1. The molecular weight excluding hydrogens is 194 g/mol. The lowest BCUT2D eigenvalue weighted by molar-refractivity contribution is 0.616. The largest absolute Gasteiger partial charge is 0.382 e. The predicted octanol–water partition coefficient (Wildman–Crippen LogP) is 4.24. The molecule has 2 rings (SSSR count). The Hall–Kier alpha value is -0.980. The van der Waals surface area contributed by atoms with Gasteiger partial charge in [-0.1, -0.05) is 32.4 Å². The van der Waals surface area contributed by atoms with Crippen LogP contribution in [0.5, 0.6) is 0 Å². The molecule has 0 amide bonds. The summed E-state index contributed by atoms with van der Waals surface area (Å²) in [6.07, 6.45) is 6.49. The molecule has 1 aromatic carbocycles. The summed E-state index contributed by atoms with van der Waals surface area (Å²) < 4.78 is 0. The van der Waals surface area contributed by atoms with E-state index in [0.717, 1.165) is 5.92 Å². The molecule has 1 unspecified atom stereocenters. The van der Waals surface area contributed by atoms with Gasteiger partial charge in [0.25, 0.3) is 0 Å². The van der Waals surface area contributed by atoms with Crippen LogP contribution in [-0.2, 0) is 6.42 Å². The lowest BCUT2D eigenvalue weighted by Crippen LogP contribution is -2.20. The van der Waals surface area contributed by atoms with Crippen LogP contribution in [0, 0.1) is 5.92 Å². The normalized spacial score (nSPS) is 17.1. The Kier molecular flexibility index (Phi) is 3.87. The molecule has 0 spiro atoms. The third-order valence-electron chi connectivity index (χ3n) is 3.48. The van der Waals surface area contributed by atoms with Crippen LogP contribution in [0.3, 0.4) is 0 Å². The van der Waals surface area contributed by atoms with Gasteiger partial charge in [0.1, 0.15) is 0 Å². The molecule has 0 aromatic heterocycles. The second-order valence-corrected chi connectivity index (χ2v) is 4.94. The fraction of sp³-hybridized carbons (Fsp3) is 0.600. The molecule has 1 aliphatic carbocycles. The quantitative estimate of drug-likeness (QED) is 0.751. The summed E-state index contributed by atoms with van der Waals surface area (Å²) in [7, 11) is 0. The van der Waals surface area contributed by atoms with E-state index >= 15 is 0 Å². The van der Waals surface area contributed by atoms with Gasteiger partial charge in [0.15, 0.2) is 0 Å². The van der Waals surface area contributed by atoms with Crippen LogP contribution in [0.25, 0.3) is 0 Å². The Morgan fingerprint density at radius 3 is 2.38 bits per heavy atom. The second-order valence-electron chi connectivity index (χ2n) is 4.94. The maximum atomic E-state index is 3.66. The highest BCUT2D eigenvalue weighted by molar-refractivity contribution is 5.45. The molecule has 0 saturated heterocycles. The first-order chi connectivity index (χ1) is 7.83. The molecule has 1 fully saturated rings. The summed E-state index contributed by atoms with van der Waals surface area (Å²) in [5.74, 6) is 0.931. The molecule has 1 saturated carbocycles. The molecule has 1 aliphatic rings. The van der Waals surface area contributed by atoms with Crippen molar-refractivity contribution in [3.63, 3.8) is 0 Å². The van der Waals surface area contributed by atoms with Crippen molar-refractivity contribution in [2.75, 3.05) is 5.32 Å². The van der Waals surface area contributed by atoms with Crippen molar-refractivity contribution >= 4 is 5.69 Å². The van der Waals surface area contributed by atoms with Gasteiger partial charge in [0, 0.05) is 11.7 Å². The number of hydrogen-bond donors (Lipinski definition) is 1. The fourth-order valence-electron chi connectivity index (χ4n) is 2.32. The lowest BCUT2D eigenvalue weighted by atomic mass is 10.1. The third-order valence-corrected chi connectivity index (χ3v) is 3.48. The van der Waals surface area contributed by atoms with Crippen LogP contribution in [0.15, 0.2) is 24.3 Å². The average Bonchev–Trinajstić information content (AvgIpc) is 3.12. The summed E-state index contributed by atoms with van der Waals surface area (Å²) in [4.78, 5) is 0. The van der Waals surface area contributed by atoms with Crippen molar-refractivity contribution in [1.29, 1.82) is 0 Å². The zero-order valence-electron chi connectivity index (χ0n) is 10.5. The molecule has 88 valence electrons. The van der Waals surface area contributed by atoms with Crippen molar-refractivity contribution in [3.8, 4) is 0 Å². The van der Waals surface area contributed by atoms with Crippen molar-refractivity contribution < 1.29 is 0 Å². The van der Waals surface area contributed by atoms with E-state index in [1.165, 1.54) is 43.4 Å². The summed E-state index contributed by atoms with van der Waals surface area (Å²) in [6.45, 7) is 4.51. The Balaban J connectivity index is 1.92. The molecule has 1 heteroatoms. The van der Waals surface area contributed by atoms with E-state index in [0.29, 0.717) is 6.04 Å². The summed E-state index contributed by atoms with van der Waals surface area (Å²) in [5.41, 5.74) is 2.74. The monoisotopic (exact) mass is 217 g/mol. The van der Waals surface area contributed by atoms with Crippen LogP contribution < -0.4 is 5.32 Å². The van der Waals surface area contributed by atoms with E-state index in [-0.39, 0.29) is 0 Å². The molecule has 0 bridgehead atoms. The Morgan fingerprint density at radius 2 is 1.88 bits per heavy atom. The fourth-order valence-corrected chi connectivity index (χ4v) is 2.32. The first-order valence-corrected chi connectivity index (χ1v) is 6.69. The Morgan fingerprint density at radius 1 is 1.19 bits per heavy atom. The Labute approximate surface area is 99.3 Å². The SMILES string of the molecule is CCCc1ccc(NC(CC)C2CC2)cc1. The number of benzene rings is 1. The van der Waals surface area contributed by atoms with E-state index in [9.17, 15) is 0 Å². The molecular formula is C15H23N. The van der Waals surface area contributed by atoms with Gasteiger partial charge in [-0.3, -0.25) is 0 Å². The minimum Gasteiger partial charge on any atom is -0.382 e. The molecule has 1 N–H and O–H groups in total. The van der Waals surface area contributed by atoms with Crippen molar-refractivity contribution in [3.05, 3.63) is 29.8 Å². The number of rotatable bonds is 6. The number of nitrogens with one attached hydrogen (secondary N) is 1. The zero-order chi connectivity index (χ0) is 11.4. The zero-order valence-corrected chi connectivity index (χ0v) is 10.5. The average molecular weight is 217 g/mol. The van der Waals surface area contributed by atoms with Gasteiger partial charge in [0.05, 0.1) is 0 Å². The van der Waals surface area contributed by atoms with Crippen molar-refractivity contribution in [2.24, 2.45) is 5.92 Å². The van der Waals surface area contributed by atoms with Gasteiger partial charge in [-0.25, -0.2) is 0 Å². The maximum absolute atomic E-state index is 3.66. The highest BCUT2D eigenvalue weighted by atomic mass is 14.9. The van der Waals surface area contributed by atoms with Gasteiger partial charge < -0.3 is 5.32 Å². The smallest absolute Gasteiger partial charge is 0.0342 e. The van der Waals surface area contributed by atoms with E-state index in [2.05, 4.69) is 43.4 Å². The lowest BCUT2D eigenvalue weighted by Gasteiger charge is -2.17. The van der Waals surface area contributed by atoms with E-state index in [1.807, 2.05) is 0 Å². The predicted molar refractivity (Wildman–Crippen MR) is 70.9 cm³/mol. The van der Waals surface area contributed by atoms with Gasteiger partial charge in [0.2, 0.25) is 0 Å². The molecule has 0 radical (unpaired) electrons. The van der Waals surface area contributed by atoms with Gasteiger partial charge in [-0.2, -0.15) is 0 Å². The van der Waals surface area contributed by atoms with E-state index in [4.69, 9.17) is 0 Å². The van der Waals surface area contributed by atoms with Crippen LogP contribution >= 0.6 is 0 Å². The van der Waals surface area contributed by atoms with Gasteiger partial charge >= 0.3 is 0 Å². The molecule has 1 nitrogen and oxygen atoms in total. The van der Waals surface area contributed by atoms with Crippen LogP contribution in [0.2, 0.25) is 0 Å². The van der Waals surface area contributed by atoms with Crippen LogP contribution in [-0.4, -0.2) is 6.04 Å². The summed E-state index contributed by atoms with van der Waals surface area (Å²) in [5, 5.41) is 3.66. The molecule has 0 aliphatic heterocycles. The van der Waals surface area contributed by atoms with Crippen molar-refractivity contribution in [1.82, 2.24) is 0 Å². The highest BCUT2D eigenvalue weighted by Crippen LogP contribution is 2.35. The van der Waals surface area contributed by atoms with E-state index < -0.39 is 0 Å². The van der Waals surface area contributed by atoms with Crippen LogP contribution in [0.1, 0.15) is 45.1 Å². The molecule has 0 heterocycles. The summed E-state index contributed by atoms with van der Waals surface area (Å²) >= 11 is 0. The molecule has 1 atom stereocenters. The minimum absolute atomic E-state index is 0.692. The first-order valence-electron chi connectivity index (χ1n) is 6.69. The van der Waals surface area contributed by atoms with E-state index in [1.54, 1.807) is 0 Å². The van der Waals surface area contributed by atoms with Crippen LogP contribution in [0.4, 0.5) is 5.69 Å². The Bertz CT molecular complexity index is 311. The number of aryl methyl sites for hydroxylation is 1. The summed E-state index contributed by atoms with van der Waals surface area (Å²) in [6, 6.07) is 9.67. The molecule has 1 aromatic rings. The minimum atomic E-state index is 0.692. The first kappa shape index (κ1) is 11.5.